The number of rotatable bonds is 3. The van der Waals surface area contributed by atoms with Crippen molar-refractivity contribution in [3.05, 3.63) is 29.7 Å². The first-order chi connectivity index (χ1) is 8.76. The van der Waals surface area contributed by atoms with Crippen LogP contribution in [0.2, 0.25) is 0 Å². The average molecular weight is 248 g/mol. The summed E-state index contributed by atoms with van der Waals surface area (Å²) in [5.74, 6) is -0.408. The van der Waals surface area contributed by atoms with Gasteiger partial charge < -0.3 is 10.5 Å². The molecule has 0 atom stereocenters. The average Bonchev–Trinajstić information content (AvgIpc) is 2.69. The first kappa shape index (κ1) is 12.3. The van der Waals surface area contributed by atoms with Crippen molar-refractivity contribution in [3.8, 4) is 0 Å². The van der Waals surface area contributed by atoms with E-state index in [0.29, 0.717) is 12.3 Å². The number of aliphatic imine (C=N–C) groups is 1. The predicted octanol–water partition coefficient (Wildman–Crippen LogP) is 0.725. The van der Waals surface area contributed by atoms with E-state index >= 15 is 0 Å². The van der Waals surface area contributed by atoms with Crippen molar-refractivity contribution in [1.29, 1.82) is 0 Å². The summed E-state index contributed by atoms with van der Waals surface area (Å²) in [5, 5.41) is 4.25. The van der Waals surface area contributed by atoms with Crippen LogP contribution in [0.3, 0.4) is 0 Å². The molecular weight excluding hydrogens is 232 g/mol. The maximum atomic E-state index is 11.6. The van der Waals surface area contributed by atoms with Gasteiger partial charge in [0.15, 0.2) is 5.69 Å². The molecule has 0 bridgehead atoms. The van der Waals surface area contributed by atoms with Gasteiger partial charge in [-0.05, 0) is 25.6 Å². The summed E-state index contributed by atoms with van der Waals surface area (Å²) in [6.07, 6.45) is 4.04. The number of hydrogen-bond acceptors (Lipinski definition) is 5. The number of nitrogens with two attached hydrogens (primary N) is 1. The maximum absolute atomic E-state index is 11.6. The zero-order chi connectivity index (χ0) is 13.0. The van der Waals surface area contributed by atoms with Crippen LogP contribution in [0, 0.1) is 0 Å². The molecule has 1 aromatic heterocycles. The molecular formula is C12H16N4O2. The lowest BCUT2D eigenvalue weighted by Crippen LogP contribution is -2.09. The van der Waals surface area contributed by atoms with Crippen LogP contribution in [0.5, 0.6) is 0 Å². The van der Waals surface area contributed by atoms with Gasteiger partial charge >= 0.3 is 5.97 Å². The molecule has 0 saturated carbocycles. The third-order valence-corrected chi connectivity index (χ3v) is 2.59. The van der Waals surface area contributed by atoms with E-state index in [4.69, 9.17) is 10.5 Å². The number of hydrogen-bond donors (Lipinski definition) is 1. The molecule has 6 nitrogen and oxygen atoms in total. The van der Waals surface area contributed by atoms with Crippen molar-refractivity contribution < 1.29 is 9.53 Å². The van der Waals surface area contributed by atoms with Gasteiger partial charge in [-0.1, -0.05) is 0 Å². The fourth-order valence-electron chi connectivity index (χ4n) is 1.83. The molecule has 0 fully saturated rings. The molecule has 0 radical (unpaired) electrons. The van der Waals surface area contributed by atoms with Crippen LogP contribution in [-0.2, 0) is 11.3 Å². The molecule has 0 unspecified atom stereocenters. The van der Waals surface area contributed by atoms with Crippen LogP contribution in [0.25, 0.3) is 0 Å². The Morgan fingerprint density at radius 1 is 1.67 bits per heavy atom. The second-order valence-electron chi connectivity index (χ2n) is 3.84. The first-order valence-electron chi connectivity index (χ1n) is 5.94. The van der Waals surface area contributed by atoms with E-state index in [0.717, 1.165) is 30.9 Å². The van der Waals surface area contributed by atoms with Crippen molar-refractivity contribution in [2.45, 2.75) is 19.9 Å². The van der Waals surface area contributed by atoms with Crippen molar-refractivity contribution >= 4 is 11.7 Å². The van der Waals surface area contributed by atoms with E-state index in [2.05, 4.69) is 10.1 Å². The molecule has 96 valence electrons. The number of aromatic nitrogens is 2. The molecule has 1 aromatic rings. The topological polar surface area (TPSA) is 82.5 Å². The summed E-state index contributed by atoms with van der Waals surface area (Å²) in [4.78, 5) is 16.0. The largest absolute Gasteiger partial charge is 0.461 e. The number of nitrogens with zero attached hydrogens (tertiary/aromatic N) is 3. The lowest BCUT2D eigenvalue weighted by molar-refractivity contribution is 0.0518. The number of esters is 1. The molecule has 0 aromatic carbocycles. The summed E-state index contributed by atoms with van der Waals surface area (Å²) in [7, 11) is 0. The lowest BCUT2D eigenvalue weighted by Gasteiger charge is -2.01. The Balaban J connectivity index is 2.36. The lowest BCUT2D eigenvalue weighted by atomic mass is 10.2. The van der Waals surface area contributed by atoms with Gasteiger partial charge in [-0.3, -0.25) is 9.67 Å². The van der Waals surface area contributed by atoms with Crippen molar-refractivity contribution in [3.63, 3.8) is 0 Å². The van der Waals surface area contributed by atoms with Gasteiger partial charge in [-0.15, -0.1) is 0 Å². The SMILES string of the molecule is CCOC(=O)c1cc2n(n1)CCCN=C2C=CN. The summed E-state index contributed by atoms with van der Waals surface area (Å²) >= 11 is 0. The molecule has 1 aliphatic heterocycles. The molecule has 2 N–H and O–H groups in total. The van der Waals surface area contributed by atoms with Gasteiger partial charge in [0.05, 0.1) is 18.0 Å². The fourth-order valence-corrected chi connectivity index (χ4v) is 1.83. The Morgan fingerprint density at radius 2 is 2.50 bits per heavy atom. The fraction of sp³-hybridized carbons (Fsp3) is 0.417. The highest BCUT2D eigenvalue weighted by molar-refractivity contribution is 6.08. The molecule has 18 heavy (non-hydrogen) atoms. The zero-order valence-electron chi connectivity index (χ0n) is 10.3. The molecule has 1 aliphatic rings. The number of ether oxygens (including phenoxy) is 1. The zero-order valence-corrected chi connectivity index (χ0v) is 10.3. The summed E-state index contributed by atoms with van der Waals surface area (Å²) in [6, 6.07) is 1.70. The molecule has 2 rings (SSSR count). The van der Waals surface area contributed by atoms with Gasteiger partial charge in [0, 0.05) is 19.2 Å². The normalized spacial score (nSPS) is 15.1. The number of fused-ring (bicyclic) bond motifs is 1. The van der Waals surface area contributed by atoms with Crippen LogP contribution in [-0.4, -0.2) is 34.6 Å². The number of carbonyl (C=O) groups is 1. The van der Waals surface area contributed by atoms with Crippen LogP contribution < -0.4 is 5.73 Å². The van der Waals surface area contributed by atoms with Crippen LogP contribution in [0.15, 0.2) is 23.3 Å². The minimum absolute atomic E-state index is 0.312. The molecule has 0 spiro atoms. The second-order valence-corrected chi connectivity index (χ2v) is 3.84. The maximum Gasteiger partial charge on any atom is 0.358 e. The third-order valence-electron chi connectivity index (χ3n) is 2.59. The highest BCUT2D eigenvalue weighted by Gasteiger charge is 2.18. The van der Waals surface area contributed by atoms with Gasteiger partial charge in [0.2, 0.25) is 0 Å². The Hall–Kier alpha value is -2.11. The Labute approximate surface area is 105 Å². The number of carbonyl (C=O) groups excluding carboxylic acids is 1. The Kier molecular flexibility index (Phi) is 3.76. The Morgan fingerprint density at radius 3 is 3.22 bits per heavy atom. The number of allylic oxidation sites excluding steroid dienone is 1. The number of aryl methyl sites for hydroxylation is 1. The standard InChI is InChI=1S/C12H16N4O2/c1-2-18-12(17)10-8-11-9(4-5-13)14-6-3-7-16(11)15-10/h4-5,8H,2-3,6-7,13H2,1H3. The van der Waals surface area contributed by atoms with E-state index in [1.807, 2.05) is 0 Å². The smallest absolute Gasteiger partial charge is 0.358 e. The Bertz CT molecular complexity index is 502. The highest BCUT2D eigenvalue weighted by Crippen LogP contribution is 2.12. The summed E-state index contributed by atoms with van der Waals surface area (Å²) in [6.45, 7) is 3.57. The molecule has 0 amide bonds. The second kappa shape index (κ2) is 5.48. The summed E-state index contributed by atoms with van der Waals surface area (Å²) in [5.41, 5.74) is 7.26. The van der Waals surface area contributed by atoms with Gasteiger partial charge in [0.1, 0.15) is 0 Å². The van der Waals surface area contributed by atoms with E-state index in [-0.39, 0.29) is 0 Å². The van der Waals surface area contributed by atoms with Crippen LogP contribution >= 0.6 is 0 Å². The van der Waals surface area contributed by atoms with Crippen LogP contribution in [0.4, 0.5) is 0 Å². The van der Waals surface area contributed by atoms with E-state index in [1.165, 1.54) is 6.20 Å². The minimum Gasteiger partial charge on any atom is -0.461 e. The van der Waals surface area contributed by atoms with Gasteiger partial charge in [0.25, 0.3) is 0 Å². The van der Waals surface area contributed by atoms with E-state index in [1.54, 1.807) is 23.7 Å². The van der Waals surface area contributed by atoms with Gasteiger partial charge in [-0.2, -0.15) is 5.10 Å². The summed E-state index contributed by atoms with van der Waals surface area (Å²) < 4.78 is 6.71. The quantitative estimate of drug-likeness (QED) is 0.799. The van der Waals surface area contributed by atoms with Gasteiger partial charge in [-0.25, -0.2) is 4.79 Å². The third kappa shape index (κ3) is 2.42. The van der Waals surface area contributed by atoms with E-state index < -0.39 is 5.97 Å². The molecule has 0 saturated heterocycles. The monoisotopic (exact) mass is 248 g/mol. The molecule has 2 heterocycles. The minimum atomic E-state index is -0.408. The van der Waals surface area contributed by atoms with Crippen LogP contribution in [0.1, 0.15) is 29.5 Å². The predicted molar refractivity (Wildman–Crippen MR) is 67.5 cm³/mol. The molecule has 6 heteroatoms. The van der Waals surface area contributed by atoms with Crippen molar-refractivity contribution in [2.75, 3.05) is 13.2 Å². The molecule has 0 aliphatic carbocycles. The highest BCUT2D eigenvalue weighted by atomic mass is 16.5. The van der Waals surface area contributed by atoms with E-state index in [9.17, 15) is 4.79 Å². The van der Waals surface area contributed by atoms with Crippen molar-refractivity contribution in [2.24, 2.45) is 10.7 Å². The first-order valence-corrected chi connectivity index (χ1v) is 5.94. The van der Waals surface area contributed by atoms with Crippen molar-refractivity contribution in [1.82, 2.24) is 9.78 Å².